The van der Waals surface area contributed by atoms with Crippen LogP contribution in [0.1, 0.15) is 89.1 Å². The van der Waals surface area contributed by atoms with E-state index >= 15 is 0 Å². The molecule has 4 aromatic carbocycles. The Hall–Kier alpha value is -7.47. The Balaban J connectivity index is 1.17. The quantitative estimate of drug-likeness (QED) is 0.0709. The predicted octanol–water partition coefficient (Wildman–Crippen LogP) is 1.53. The fourth-order valence-corrected chi connectivity index (χ4v) is 10.5. The van der Waals surface area contributed by atoms with Crippen molar-refractivity contribution in [2.24, 2.45) is 5.92 Å². The van der Waals surface area contributed by atoms with Crippen molar-refractivity contribution in [3.05, 3.63) is 108 Å². The number of unbranched alkanes of at least 4 members (excludes halogenated alkanes) is 2. The average Bonchev–Trinajstić information content (AvgIpc) is 4.11. The molecule has 442 valence electrons. The van der Waals surface area contributed by atoms with Crippen LogP contribution >= 0.6 is 0 Å². The van der Waals surface area contributed by atoms with E-state index in [1.807, 2.05) is 55.5 Å². The van der Waals surface area contributed by atoms with Gasteiger partial charge in [0.2, 0.25) is 29.5 Å². The van der Waals surface area contributed by atoms with Crippen LogP contribution in [-0.4, -0.2) is 186 Å². The number of nitrogens with one attached hydrogen (secondary N) is 5. The lowest BCUT2D eigenvalue weighted by atomic mass is 9.99. The highest BCUT2D eigenvalue weighted by atomic mass is 16.5. The fraction of sp³-hybridized carbons (Fsp3) is 0.483. The highest BCUT2D eigenvalue weighted by molar-refractivity contribution is 6.00. The molecule has 22 nitrogen and oxygen atoms in total. The molecule has 3 saturated heterocycles. The van der Waals surface area contributed by atoms with Crippen molar-refractivity contribution in [1.29, 1.82) is 0 Å². The van der Waals surface area contributed by atoms with Crippen LogP contribution in [0.4, 0.5) is 0 Å². The number of amides is 7. The number of carbonyl (C=O) groups excluding carboxylic acids is 7. The molecular formula is C60H78N8O14. The van der Waals surface area contributed by atoms with Crippen molar-refractivity contribution in [1.82, 2.24) is 41.5 Å². The summed E-state index contributed by atoms with van der Waals surface area (Å²) in [5.41, 5.74) is 6.99. The van der Waals surface area contributed by atoms with Crippen molar-refractivity contribution in [2.75, 3.05) is 32.8 Å². The van der Waals surface area contributed by atoms with Crippen molar-refractivity contribution in [2.45, 2.75) is 146 Å². The molecule has 82 heavy (non-hydrogen) atoms. The van der Waals surface area contributed by atoms with Crippen LogP contribution < -0.4 is 31.4 Å². The van der Waals surface area contributed by atoms with Gasteiger partial charge in [0.1, 0.15) is 47.8 Å². The van der Waals surface area contributed by atoms with Crippen LogP contribution in [0.15, 0.2) is 97.1 Å². The molecule has 12 atom stereocenters. The maximum absolute atomic E-state index is 14.6. The fourth-order valence-electron chi connectivity index (χ4n) is 10.5. The zero-order chi connectivity index (χ0) is 59.4. The maximum atomic E-state index is 14.6. The third-order valence-corrected chi connectivity index (χ3v) is 15.2. The van der Waals surface area contributed by atoms with Crippen LogP contribution in [0.5, 0.6) is 11.5 Å². The highest BCUT2D eigenvalue weighted by Crippen LogP contribution is 2.29. The van der Waals surface area contributed by atoms with Gasteiger partial charge in [0.05, 0.1) is 37.1 Å². The SMILES string of the molecule is CCCCCOc1ccc(-c2ccc(-c3ccc(C(=O)N[C@H]4CCN(CCC)NC(=O)[C@@H]5[C@@H](O)[C@@H](C)CN5C(=O)[C@H](C(C)O)NC(=O)[C@H]([C@H](O)Cc5ccc(O)cc5)NC(=O)[C@@H]5C[C@@H](O)CN5C(=O)[C@H](C(C)O)NC4=O)cc3)cc2)cc1. The second-order valence-electron chi connectivity index (χ2n) is 21.7. The molecule has 0 bridgehead atoms. The third kappa shape index (κ3) is 15.5. The first kappa shape index (κ1) is 62.1. The van der Waals surface area contributed by atoms with Crippen molar-refractivity contribution in [3.8, 4) is 33.8 Å². The van der Waals surface area contributed by atoms with Gasteiger partial charge < -0.3 is 66.4 Å². The summed E-state index contributed by atoms with van der Waals surface area (Å²) in [6.07, 6.45) is -5.04. The second-order valence-corrected chi connectivity index (χ2v) is 21.7. The van der Waals surface area contributed by atoms with Gasteiger partial charge in [-0.05, 0) is 97.3 Å². The Morgan fingerprint density at radius 3 is 1.79 bits per heavy atom. The Kier molecular flexibility index (Phi) is 21.6. The minimum atomic E-state index is -1.92. The van der Waals surface area contributed by atoms with Crippen LogP contribution in [0.3, 0.4) is 0 Å². The lowest BCUT2D eigenvalue weighted by Crippen LogP contribution is -2.64. The van der Waals surface area contributed by atoms with Crippen molar-refractivity contribution >= 4 is 41.4 Å². The summed E-state index contributed by atoms with van der Waals surface area (Å²) in [5.74, 6) is -6.68. The molecule has 11 N–H and O–H groups in total. The van der Waals surface area contributed by atoms with Gasteiger partial charge in [-0.15, -0.1) is 0 Å². The zero-order valence-electron chi connectivity index (χ0n) is 46.9. The normalized spacial score (nSPS) is 25.6. The van der Waals surface area contributed by atoms with E-state index in [2.05, 4.69) is 33.6 Å². The Morgan fingerprint density at radius 1 is 0.671 bits per heavy atom. The number of hydrazine groups is 1. The summed E-state index contributed by atoms with van der Waals surface area (Å²) in [6.45, 7) is 8.02. The van der Waals surface area contributed by atoms with Crippen molar-refractivity contribution in [3.63, 3.8) is 0 Å². The molecule has 0 aliphatic carbocycles. The van der Waals surface area contributed by atoms with E-state index in [1.165, 1.54) is 43.1 Å². The van der Waals surface area contributed by atoms with Gasteiger partial charge in [0.15, 0.2) is 0 Å². The number of hydrogen-bond acceptors (Lipinski definition) is 15. The first-order valence-corrected chi connectivity index (χ1v) is 28.2. The van der Waals surface area contributed by atoms with E-state index in [0.29, 0.717) is 18.6 Å². The monoisotopic (exact) mass is 1130 g/mol. The van der Waals surface area contributed by atoms with Gasteiger partial charge in [0.25, 0.3) is 11.8 Å². The molecular weight excluding hydrogens is 1060 g/mol. The number of aromatic hydroxyl groups is 1. The summed E-state index contributed by atoms with van der Waals surface area (Å²) >= 11 is 0. The van der Waals surface area contributed by atoms with E-state index in [4.69, 9.17) is 4.74 Å². The third-order valence-electron chi connectivity index (χ3n) is 15.2. The lowest BCUT2D eigenvalue weighted by Gasteiger charge is -2.33. The molecule has 0 spiro atoms. The number of benzene rings is 4. The molecule has 3 heterocycles. The van der Waals surface area contributed by atoms with Gasteiger partial charge in [-0.1, -0.05) is 94.3 Å². The summed E-state index contributed by atoms with van der Waals surface area (Å²) in [7, 11) is 0. The lowest BCUT2D eigenvalue weighted by molar-refractivity contribution is -0.148. The molecule has 22 heteroatoms. The molecule has 2 unspecified atom stereocenters. The van der Waals surface area contributed by atoms with Gasteiger partial charge in [-0.2, -0.15) is 0 Å². The van der Waals surface area contributed by atoms with Crippen LogP contribution in [0.25, 0.3) is 22.3 Å². The van der Waals surface area contributed by atoms with Crippen LogP contribution in [0, 0.1) is 5.92 Å². The minimum Gasteiger partial charge on any atom is -0.508 e. The zero-order valence-corrected chi connectivity index (χ0v) is 46.9. The second kappa shape index (κ2) is 28.5. The number of nitrogens with zero attached hydrogens (tertiary/aromatic N) is 3. The highest BCUT2D eigenvalue weighted by Gasteiger charge is 2.49. The largest absolute Gasteiger partial charge is 0.508 e. The first-order chi connectivity index (χ1) is 39.2. The smallest absolute Gasteiger partial charge is 0.259 e. The Bertz CT molecular complexity index is 2840. The van der Waals surface area contributed by atoms with Gasteiger partial charge in [-0.25, -0.2) is 5.01 Å². The number of carbonyl (C=O) groups is 7. The van der Waals surface area contributed by atoms with Crippen molar-refractivity contribution < 1.29 is 68.9 Å². The minimum absolute atomic E-state index is 0.0919. The van der Waals surface area contributed by atoms with Gasteiger partial charge in [-0.3, -0.25) is 39.0 Å². The number of rotatable bonds is 16. The standard InChI is InChI=1S/C60H78N8O14/c1-6-8-9-29-82-45-24-20-41(21-25-45)39-14-12-38(13-15-39)40-16-18-42(19-17-40)54(75)61-46-26-28-66(27-7-2)65-58(79)52-53(74)34(3)32-68(52)60(81)50(36(5)70)63-57(78)51(48(73)30-37-10-22-43(71)23-11-37)64-56(77)47-31-44(72)33-67(47)59(80)49(35(4)69)62-55(46)76/h10-25,34-36,44,46-53,69-74H,6-9,26-33H2,1-5H3,(H,61,75)(H,62,76)(H,63,78)(H,64,77)(H,65,79)/t34-,35?,36?,44+,46-,47-,48+,49-,50-,51-,52-,53-/m0/s1. The number of phenolic OH excluding ortho intramolecular Hbond substituents is 1. The first-order valence-electron chi connectivity index (χ1n) is 28.2. The number of aliphatic hydroxyl groups is 5. The Morgan fingerprint density at radius 2 is 1.22 bits per heavy atom. The van der Waals surface area contributed by atoms with Gasteiger partial charge >= 0.3 is 0 Å². The topological polar surface area (TPSA) is 320 Å². The summed E-state index contributed by atoms with van der Waals surface area (Å²) in [4.78, 5) is 103. The predicted molar refractivity (Wildman–Crippen MR) is 302 cm³/mol. The molecule has 4 aromatic rings. The molecule has 0 saturated carbocycles. The number of hydrogen-bond donors (Lipinski definition) is 11. The van der Waals surface area contributed by atoms with Crippen LogP contribution in [-0.2, 0) is 35.2 Å². The maximum Gasteiger partial charge on any atom is 0.259 e. The number of fused-ring (bicyclic) bond motifs is 2. The molecule has 0 radical (unpaired) electrons. The van der Waals surface area contributed by atoms with Gasteiger partial charge in [0, 0.05) is 50.5 Å². The molecule has 7 amide bonds. The summed E-state index contributed by atoms with van der Waals surface area (Å²) in [6, 6.07) is 18.0. The molecule has 0 aromatic heterocycles. The van der Waals surface area contributed by atoms with E-state index in [-0.39, 0.29) is 50.2 Å². The Labute approximate surface area is 477 Å². The van der Waals surface area contributed by atoms with E-state index in [0.717, 1.165) is 57.1 Å². The average molecular weight is 1140 g/mol. The van der Waals surface area contributed by atoms with Crippen LogP contribution in [0.2, 0.25) is 0 Å². The van der Waals surface area contributed by atoms with E-state index in [9.17, 15) is 64.2 Å². The van der Waals surface area contributed by atoms with E-state index in [1.54, 1.807) is 31.2 Å². The summed E-state index contributed by atoms with van der Waals surface area (Å²) in [5, 5.41) is 77.8. The molecule has 7 rings (SSSR count). The molecule has 3 aliphatic heterocycles. The number of ether oxygens (including phenoxy) is 1. The number of phenols is 1. The molecule has 3 fully saturated rings. The summed E-state index contributed by atoms with van der Waals surface area (Å²) < 4.78 is 5.87. The number of aliphatic hydroxyl groups excluding tert-OH is 5. The molecule has 3 aliphatic rings. The van der Waals surface area contributed by atoms with E-state index < -0.39 is 121 Å².